The standard InChI is InChI=1S/C16H32N2O/c1-14(2)7-11-19-12-10-18-8-5-15(6-9-18)13-17-16-3-4-16/h14-17H,3-13H2,1-2H3. The second-order valence-corrected chi connectivity index (χ2v) is 6.76. The fourth-order valence-corrected chi connectivity index (χ4v) is 2.65. The van der Waals surface area contributed by atoms with E-state index >= 15 is 0 Å². The SMILES string of the molecule is CC(C)CCOCCN1CCC(CNC2CC2)CC1. The molecule has 1 heterocycles. The van der Waals surface area contributed by atoms with E-state index in [0.29, 0.717) is 0 Å². The number of rotatable bonds is 9. The van der Waals surface area contributed by atoms with Gasteiger partial charge in [0.2, 0.25) is 0 Å². The van der Waals surface area contributed by atoms with E-state index in [1.807, 2.05) is 0 Å². The molecule has 1 N–H and O–H groups in total. The number of nitrogens with zero attached hydrogens (tertiary/aromatic N) is 1. The first-order valence-corrected chi connectivity index (χ1v) is 8.27. The van der Waals surface area contributed by atoms with Crippen LogP contribution in [0.5, 0.6) is 0 Å². The van der Waals surface area contributed by atoms with Crippen LogP contribution in [0.4, 0.5) is 0 Å². The minimum Gasteiger partial charge on any atom is -0.380 e. The van der Waals surface area contributed by atoms with Gasteiger partial charge in [-0.3, -0.25) is 0 Å². The van der Waals surface area contributed by atoms with Crippen molar-refractivity contribution in [3.05, 3.63) is 0 Å². The van der Waals surface area contributed by atoms with Gasteiger partial charge in [0, 0.05) is 19.2 Å². The maximum atomic E-state index is 5.71. The van der Waals surface area contributed by atoms with Crippen LogP contribution in [0.15, 0.2) is 0 Å². The van der Waals surface area contributed by atoms with Crippen molar-refractivity contribution in [2.45, 2.75) is 52.0 Å². The van der Waals surface area contributed by atoms with Gasteiger partial charge in [0.15, 0.2) is 0 Å². The molecule has 2 aliphatic rings. The normalized spacial score (nSPS) is 22.3. The van der Waals surface area contributed by atoms with Gasteiger partial charge >= 0.3 is 0 Å². The summed E-state index contributed by atoms with van der Waals surface area (Å²) < 4.78 is 5.71. The van der Waals surface area contributed by atoms with Crippen molar-refractivity contribution in [2.75, 3.05) is 39.4 Å². The average molecular weight is 268 g/mol. The van der Waals surface area contributed by atoms with E-state index in [4.69, 9.17) is 4.74 Å². The monoisotopic (exact) mass is 268 g/mol. The zero-order valence-corrected chi connectivity index (χ0v) is 12.9. The Bertz CT molecular complexity index is 230. The summed E-state index contributed by atoms with van der Waals surface area (Å²) in [5.41, 5.74) is 0. The van der Waals surface area contributed by atoms with Gasteiger partial charge in [-0.1, -0.05) is 13.8 Å². The van der Waals surface area contributed by atoms with Gasteiger partial charge in [-0.15, -0.1) is 0 Å². The smallest absolute Gasteiger partial charge is 0.0593 e. The summed E-state index contributed by atoms with van der Waals surface area (Å²) in [5.74, 6) is 1.67. The largest absolute Gasteiger partial charge is 0.380 e. The predicted octanol–water partition coefficient (Wildman–Crippen LogP) is 2.51. The lowest BCUT2D eigenvalue weighted by molar-refractivity contribution is 0.0825. The Labute approximate surface area is 119 Å². The van der Waals surface area contributed by atoms with E-state index in [2.05, 4.69) is 24.1 Å². The van der Waals surface area contributed by atoms with Crippen LogP contribution in [0.25, 0.3) is 0 Å². The molecule has 112 valence electrons. The van der Waals surface area contributed by atoms with E-state index < -0.39 is 0 Å². The molecule has 1 aliphatic carbocycles. The Hall–Kier alpha value is -0.120. The molecule has 0 aromatic rings. The van der Waals surface area contributed by atoms with Gasteiger partial charge in [-0.2, -0.15) is 0 Å². The third-order valence-electron chi connectivity index (χ3n) is 4.37. The van der Waals surface area contributed by atoms with E-state index in [-0.39, 0.29) is 0 Å². The van der Waals surface area contributed by atoms with E-state index in [9.17, 15) is 0 Å². The summed E-state index contributed by atoms with van der Waals surface area (Å²) in [5, 5.41) is 3.67. The lowest BCUT2D eigenvalue weighted by Crippen LogP contribution is -2.39. The fraction of sp³-hybridized carbons (Fsp3) is 1.00. The molecular formula is C16H32N2O. The topological polar surface area (TPSA) is 24.5 Å². The lowest BCUT2D eigenvalue weighted by atomic mass is 9.97. The molecule has 1 saturated carbocycles. The summed E-state index contributed by atoms with van der Waals surface area (Å²) in [6, 6.07) is 0.868. The minimum atomic E-state index is 0.759. The predicted molar refractivity (Wildman–Crippen MR) is 80.5 cm³/mol. The Morgan fingerprint density at radius 1 is 1.11 bits per heavy atom. The van der Waals surface area contributed by atoms with Crippen LogP contribution in [0, 0.1) is 11.8 Å². The maximum Gasteiger partial charge on any atom is 0.0593 e. The highest BCUT2D eigenvalue weighted by Crippen LogP contribution is 2.21. The molecule has 0 aromatic carbocycles. The Morgan fingerprint density at radius 2 is 1.84 bits per heavy atom. The molecule has 0 unspecified atom stereocenters. The van der Waals surface area contributed by atoms with Crippen molar-refractivity contribution < 1.29 is 4.74 Å². The molecule has 0 atom stereocenters. The van der Waals surface area contributed by atoms with Gasteiger partial charge < -0.3 is 15.0 Å². The molecule has 3 heteroatoms. The summed E-state index contributed by atoms with van der Waals surface area (Å²) in [7, 11) is 0. The Kier molecular flexibility index (Phi) is 6.62. The van der Waals surface area contributed by atoms with Crippen molar-refractivity contribution in [2.24, 2.45) is 11.8 Å². The zero-order chi connectivity index (χ0) is 13.5. The number of nitrogens with one attached hydrogen (secondary N) is 1. The minimum absolute atomic E-state index is 0.759. The summed E-state index contributed by atoms with van der Waals surface area (Å²) >= 11 is 0. The molecule has 0 radical (unpaired) electrons. The first-order valence-electron chi connectivity index (χ1n) is 8.27. The second kappa shape index (κ2) is 8.23. The molecular weight excluding hydrogens is 236 g/mol. The van der Waals surface area contributed by atoms with Crippen molar-refractivity contribution in [3.8, 4) is 0 Å². The number of piperidine rings is 1. The fourth-order valence-electron chi connectivity index (χ4n) is 2.65. The van der Waals surface area contributed by atoms with Gasteiger partial charge in [0.25, 0.3) is 0 Å². The summed E-state index contributed by atoms with van der Waals surface area (Å²) in [6.45, 7) is 11.3. The molecule has 0 bridgehead atoms. The second-order valence-electron chi connectivity index (χ2n) is 6.76. The van der Waals surface area contributed by atoms with E-state index in [1.165, 1.54) is 51.7 Å². The molecule has 1 saturated heterocycles. The molecule has 0 aromatic heterocycles. The van der Waals surface area contributed by atoms with Gasteiger partial charge in [-0.25, -0.2) is 0 Å². The van der Waals surface area contributed by atoms with Crippen LogP contribution in [0.1, 0.15) is 46.0 Å². The molecule has 19 heavy (non-hydrogen) atoms. The van der Waals surface area contributed by atoms with Crippen molar-refractivity contribution in [3.63, 3.8) is 0 Å². The highest BCUT2D eigenvalue weighted by molar-refractivity contribution is 4.83. The molecule has 2 fully saturated rings. The van der Waals surface area contributed by atoms with Crippen LogP contribution >= 0.6 is 0 Å². The van der Waals surface area contributed by atoms with Crippen LogP contribution in [0.3, 0.4) is 0 Å². The average Bonchev–Trinajstić information content (AvgIpc) is 3.21. The molecule has 3 nitrogen and oxygen atoms in total. The maximum absolute atomic E-state index is 5.71. The molecule has 1 aliphatic heterocycles. The summed E-state index contributed by atoms with van der Waals surface area (Å²) in [4.78, 5) is 2.57. The van der Waals surface area contributed by atoms with Crippen molar-refractivity contribution in [1.82, 2.24) is 10.2 Å². The van der Waals surface area contributed by atoms with Gasteiger partial charge in [-0.05, 0) is 63.6 Å². The highest BCUT2D eigenvalue weighted by atomic mass is 16.5. The van der Waals surface area contributed by atoms with Crippen molar-refractivity contribution >= 4 is 0 Å². The first kappa shape index (κ1) is 15.3. The quantitative estimate of drug-likeness (QED) is 0.650. The van der Waals surface area contributed by atoms with Gasteiger partial charge in [0.05, 0.1) is 6.61 Å². The Balaban J connectivity index is 1.44. The number of hydrogen-bond donors (Lipinski definition) is 1. The van der Waals surface area contributed by atoms with Crippen LogP contribution in [-0.2, 0) is 4.74 Å². The van der Waals surface area contributed by atoms with Crippen LogP contribution < -0.4 is 5.32 Å². The third-order valence-corrected chi connectivity index (χ3v) is 4.37. The lowest BCUT2D eigenvalue weighted by Gasteiger charge is -2.32. The molecule has 0 spiro atoms. The molecule has 0 amide bonds. The number of ether oxygens (including phenoxy) is 1. The summed E-state index contributed by atoms with van der Waals surface area (Å²) in [6.07, 6.45) is 6.74. The highest BCUT2D eigenvalue weighted by Gasteiger charge is 2.24. The molecule has 2 rings (SSSR count). The van der Waals surface area contributed by atoms with Crippen LogP contribution in [0.2, 0.25) is 0 Å². The van der Waals surface area contributed by atoms with Gasteiger partial charge in [0.1, 0.15) is 0 Å². The number of hydrogen-bond acceptors (Lipinski definition) is 3. The number of likely N-dealkylation sites (tertiary alicyclic amines) is 1. The van der Waals surface area contributed by atoms with Crippen LogP contribution in [-0.4, -0.2) is 50.3 Å². The third kappa shape index (κ3) is 6.73. The zero-order valence-electron chi connectivity index (χ0n) is 12.9. The first-order chi connectivity index (χ1) is 9.24. The van der Waals surface area contributed by atoms with E-state index in [1.54, 1.807) is 0 Å². The van der Waals surface area contributed by atoms with Crippen molar-refractivity contribution in [1.29, 1.82) is 0 Å². The Morgan fingerprint density at radius 3 is 2.47 bits per heavy atom. The van der Waals surface area contributed by atoms with E-state index in [0.717, 1.165) is 37.6 Å².